The van der Waals surface area contributed by atoms with Crippen molar-refractivity contribution >= 4 is 11.7 Å². The average molecular weight is 307 g/mol. The molecule has 122 valence electrons. The summed E-state index contributed by atoms with van der Waals surface area (Å²) in [6.45, 7) is 6.48. The summed E-state index contributed by atoms with van der Waals surface area (Å²) in [7, 11) is 0. The number of nitrogens with one attached hydrogen (secondary N) is 1. The number of carbonyl (C=O) groups is 1. The molecule has 0 spiro atoms. The van der Waals surface area contributed by atoms with Crippen LogP contribution in [0.15, 0.2) is 18.2 Å². The molecule has 2 amide bonds. The minimum Gasteiger partial charge on any atom is -0.395 e. The Balaban J connectivity index is 1.84. The zero-order valence-electron chi connectivity index (χ0n) is 13.2. The van der Waals surface area contributed by atoms with Crippen LogP contribution in [0.2, 0.25) is 0 Å². The van der Waals surface area contributed by atoms with Crippen molar-refractivity contribution in [2.45, 2.75) is 19.9 Å². The standard InChI is InChI=1S/C16H25N3O3/c1-12-3-4-14(9-13(12)2)17-16(22)19-10-15(11-19)18(5-7-20)6-8-21/h3-4,9,15,20-21H,5-8,10-11H2,1-2H3,(H,17,22). The minimum atomic E-state index is -0.104. The van der Waals surface area contributed by atoms with Crippen LogP contribution in [-0.4, -0.2) is 71.5 Å². The van der Waals surface area contributed by atoms with E-state index in [4.69, 9.17) is 10.2 Å². The lowest BCUT2D eigenvalue weighted by atomic mass is 10.1. The second kappa shape index (κ2) is 7.58. The van der Waals surface area contributed by atoms with Gasteiger partial charge in [-0.2, -0.15) is 0 Å². The predicted octanol–water partition coefficient (Wildman–Crippen LogP) is 0.806. The Bertz CT molecular complexity index is 509. The molecular weight excluding hydrogens is 282 g/mol. The van der Waals surface area contributed by atoms with Crippen LogP contribution in [-0.2, 0) is 0 Å². The largest absolute Gasteiger partial charge is 0.395 e. The molecule has 1 aromatic rings. The molecule has 0 radical (unpaired) electrons. The lowest BCUT2D eigenvalue weighted by Gasteiger charge is -2.45. The van der Waals surface area contributed by atoms with E-state index in [0.29, 0.717) is 26.2 Å². The van der Waals surface area contributed by atoms with Crippen LogP contribution >= 0.6 is 0 Å². The Hall–Kier alpha value is -1.63. The SMILES string of the molecule is Cc1ccc(NC(=O)N2CC(N(CCO)CCO)C2)cc1C. The number of anilines is 1. The van der Waals surface area contributed by atoms with E-state index in [1.165, 1.54) is 5.56 Å². The first-order valence-corrected chi connectivity index (χ1v) is 7.64. The van der Waals surface area contributed by atoms with Crippen molar-refractivity contribution in [2.75, 3.05) is 44.7 Å². The Morgan fingerprint density at radius 3 is 2.41 bits per heavy atom. The highest BCUT2D eigenvalue weighted by Crippen LogP contribution is 2.18. The normalized spacial score (nSPS) is 15.0. The molecule has 0 unspecified atom stereocenters. The first-order chi connectivity index (χ1) is 10.5. The Morgan fingerprint density at radius 2 is 1.86 bits per heavy atom. The van der Waals surface area contributed by atoms with Crippen molar-refractivity contribution in [1.29, 1.82) is 0 Å². The molecule has 0 aliphatic carbocycles. The monoisotopic (exact) mass is 307 g/mol. The van der Waals surface area contributed by atoms with Crippen LogP contribution in [0.3, 0.4) is 0 Å². The third-order valence-corrected chi connectivity index (χ3v) is 4.20. The van der Waals surface area contributed by atoms with E-state index in [0.717, 1.165) is 11.3 Å². The first-order valence-electron chi connectivity index (χ1n) is 7.64. The molecule has 3 N–H and O–H groups in total. The second-order valence-electron chi connectivity index (χ2n) is 5.77. The number of aliphatic hydroxyl groups excluding tert-OH is 2. The number of hydrogen-bond acceptors (Lipinski definition) is 4. The fourth-order valence-corrected chi connectivity index (χ4v) is 2.61. The number of hydrogen-bond donors (Lipinski definition) is 3. The van der Waals surface area contributed by atoms with Crippen LogP contribution < -0.4 is 5.32 Å². The number of amides is 2. The molecule has 0 aromatic heterocycles. The van der Waals surface area contributed by atoms with E-state index in [2.05, 4.69) is 5.32 Å². The molecule has 1 saturated heterocycles. The zero-order valence-corrected chi connectivity index (χ0v) is 13.2. The second-order valence-corrected chi connectivity index (χ2v) is 5.77. The van der Waals surface area contributed by atoms with Gasteiger partial charge in [0.2, 0.25) is 0 Å². The predicted molar refractivity (Wildman–Crippen MR) is 86.0 cm³/mol. The molecule has 1 aliphatic rings. The van der Waals surface area contributed by atoms with Crippen molar-refractivity contribution in [2.24, 2.45) is 0 Å². The topological polar surface area (TPSA) is 76.0 Å². The smallest absolute Gasteiger partial charge is 0.321 e. The number of rotatable bonds is 6. The lowest BCUT2D eigenvalue weighted by molar-refractivity contribution is 0.0393. The molecule has 0 saturated carbocycles. The zero-order chi connectivity index (χ0) is 16.1. The summed E-state index contributed by atoms with van der Waals surface area (Å²) < 4.78 is 0. The number of aryl methyl sites for hydroxylation is 2. The van der Waals surface area contributed by atoms with Gasteiger partial charge >= 0.3 is 6.03 Å². The van der Waals surface area contributed by atoms with Gasteiger partial charge in [0.25, 0.3) is 0 Å². The summed E-state index contributed by atoms with van der Waals surface area (Å²) in [5.74, 6) is 0. The van der Waals surface area contributed by atoms with Crippen LogP contribution in [0.4, 0.5) is 10.5 Å². The highest BCUT2D eigenvalue weighted by Gasteiger charge is 2.34. The Kier molecular flexibility index (Phi) is 5.76. The van der Waals surface area contributed by atoms with Gasteiger partial charge in [-0.05, 0) is 37.1 Å². The van der Waals surface area contributed by atoms with Crippen LogP contribution in [0.25, 0.3) is 0 Å². The fourth-order valence-electron chi connectivity index (χ4n) is 2.61. The van der Waals surface area contributed by atoms with Crippen molar-refractivity contribution in [3.8, 4) is 0 Å². The number of aliphatic hydroxyl groups is 2. The Morgan fingerprint density at radius 1 is 1.23 bits per heavy atom. The van der Waals surface area contributed by atoms with Gasteiger partial charge in [0.15, 0.2) is 0 Å². The molecule has 1 fully saturated rings. The van der Waals surface area contributed by atoms with Gasteiger partial charge in [0, 0.05) is 37.9 Å². The van der Waals surface area contributed by atoms with Gasteiger partial charge in [-0.3, -0.25) is 4.90 Å². The molecule has 22 heavy (non-hydrogen) atoms. The molecule has 6 heteroatoms. The number of urea groups is 1. The molecule has 1 aliphatic heterocycles. The summed E-state index contributed by atoms with van der Waals surface area (Å²) in [6.07, 6.45) is 0. The van der Waals surface area contributed by atoms with Gasteiger partial charge in [-0.15, -0.1) is 0 Å². The van der Waals surface area contributed by atoms with Crippen molar-refractivity contribution < 1.29 is 15.0 Å². The van der Waals surface area contributed by atoms with Gasteiger partial charge < -0.3 is 20.4 Å². The Labute approximate surface area is 131 Å². The molecule has 0 bridgehead atoms. The maximum atomic E-state index is 12.2. The summed E-state index contributed by atoms with van der Waals surface area (Å²) in [4.78, 5) is 15.9. The first kappa shape index (κ1) is 16.7. The third-order valence-electron chi connectivity index (χ3n) is 4.20. The molecule has 1 heterocycles. The number of likely N-dealkylation sites (tertiary alicyclic amines) is 1. The van der Waals surface area contributed by atoms with E-state index < -0.39 is 0 Å². The number of benzene rings is 1. The maximum absolute atomic E-state index is 12.2. The van der Waals surface area contributed by atoms with E-state index in [1.54, 1.807) is 4.90 Å². The lowest BCUT2D eigenvalue weighted by Crippen LogP contribution is -2.62. The van der Waals surface area contributed by atoms with Crippen molar-refractivity contribution in [1.82, 2.24) is 9.80 Å². The quantitative estimate of drug-likeness (QED) is 0.727. The minimum absolute atomic E-state index is 0.0609. The summed E-state index contributed by atoms with van der Waals surface area (Å²) in [6, 6.07) is 5.97. The highest BCUT2D eigenvalue weighted by atomic mass is 16.3. The van der Waals surface area contributed by atoms with Crippen molar-refractivity contribution in [3.05, 3.63) is 29.3 Å². The van der Waals surface area contributed by atoms with Gasteiger partial charge in [-0.25, -0.2) is 4.79 Å². The number of carbonyl (C=O) groups excluding carboxylic acids is 1. The van der Waals surface area contributed by atoms with Gasteiger partial charge in [-0.1, -0.05) is 6.07 Å². The number of nitrogens with zero attached hydrogens (tertiary/aromatic N) is 2. The summed E-state index contributed by atoms with van der Waals surface area (Å²) in [5.41, 5.74) is 3.15. The van der Waals surface area contributed by atoms with Gasteiger partial charge in [0.1, 0.15) is 0 Å². The fraction of sp³-hybridized carbons (Fsp3) is 0.562. The average Bonchev–Trinajstić information content (AvgIpc) is 2.42. The molecule has 0 atom stereocenters. The molecule has 2 rings (SSSR count). The third kappa shape index (κ3) is 3.97. The van der Waals surface area contributed by atoms with E-state index in [-0.39, 0.29) is 25.3 Å². The van der Waals surface area contributed by atoms with E-state index in [9.17, 15) is 4.79 Å². The molecule has 6 nitrogen and oxygen atoms in total. The molecular formula is C16H25N3O3. The summed E-state index contributed by atoms with van der Waals surface area (Å²) >= 11 is 0. The van der Waals surface area contributed by atoms with E-state index in [1.807, 2.05) is 36.9 Å². The van der Waals surface area contributed by atoms with Gasteiger partial charge in [0.05, 0.1) is 13.2 Å². The molecule has 1 aromatic carbocycles. The van der Waals surface area contributed by atoms with Crippen LogP contribution in [0.5, 0.6) is 0 Å². The van der Waals surface area contributed by atoms with Crippen LogP contribution in [0.1, 0.15) is 11.1 Å². The highest BCUT2D eigenvalue weighted by molar-refractivity contribution is 5.90. The van der Waals surface area contributed by atoms with E-state index >= 15 is 0 Å². The van der Waals surface area contributed by atoms with Crippen LogP contribution in [0, 0.1) is 13.8 Å². The summed E-state index contributed by atoms with van der Waals surface area (Å²) in [5, 5.41) is 21.0. The van der Waals surface area contributed by atoms with Crippen molar-refractivity contribution in [3.63, 3.8) is 0 Å². The maximum Gasteiger partial charge on any atom is 0.321 e.